The molecule has 1 fully saturated rings. The number of carbonyl (C=O) groups excluding carboxylic acids is 2. The average molecular weight is 543 g/mol. The van der Waals surface area contributed by atoms with Crippen molar-refractivity contribution in [3.05, 3.63) is 99.2 Å². The highest BCUT2D eigenvalue weighted by molar-refractivity contribution is 9.10. The largest absolute Gasteiger partial charge is 0.447 e. The van der Waals surface area contributed by atoms with Gasteiger partial charge in [0.05, 0.1) is 23.9 Å². The van der Waals surface area contributed by atoms with Crippen LogP contribution in [-0.4, -0.2) is 41.8 Å². The second-order valence-electron chi connectivity index (χ2n) is 7.89. The van der Waals surface area contributed by atoms with Crippen molar-refractivity contribution in [3.63, 3.8) is 0 Å². The van der Waals surface area contributed by atoms with Crippen molar-refractivity contribution >= 4 is 50.9 Å². The first-order chi connectivity index (χ1) is 16.4. The molecule has 6 nitrogen and oxygen atoms in total. The molecule has 2 aliphatic heterocycles. The molecule has 0 bridgehead atoms. The Morgan fingerprint density at radius 3 is 2.47 bits per heavy atom. The van der Waals surface area contributed by atoms with E-state index in [1.165, 1.54) is 12.1 Å². The van der Waals surface area contributed by atoms with Gasteiger partial charge in [-0.3, -0.25) is 9.80 Å². The number of ether oxygens (including phenoxy) is 1. The number of nitrogens with zero attached hydrogens (tertiary/aromatic N) is 3. The lowest BCUT2D eigenvalue weighted by Crippen LogP contribution is -2.48. The van der Waals surface area contributed by atoms with Gasteiger partial charge in [-0.1, -0.05) is 51.8 Å². The molecule has 3 aromatic carbocycles. The number of hydrazone groups is 1. The van der Waals surface area contributed by atoms with Crippen LogP contribution in [0.1, 0.15) is 17.0 Å². The molecular formula is C25H18BrClFN3O3. The minimum atomic E-state index is -0.897. The molecule has 0 saturated carbocycles. The number of halogens is 3. The molecule has 9 heteroatoms. The van der Waals surface area contributed by atoms with Gasteiger partial charge in [0, 0.05) is 9.50 Å². The molecule has 34 heavy (non-hydrogen) atoms. The molecule has 0 aromatic heterocycles. The Hall–Kier alpha value is -3.23. The quantitative estimate of drug-likeness (QED) is 0.431. The lowest BCUT2D eigenvalue weighted by atomic mass is 9.84. The number of benzene rings is 3. The Balaban J connectivity index is 1.69. The first-order valence-corrected chi connectivity index (χ1v) is 11.7. The van der Waals surface area contributed by atoms with Crippen molar-refractivity contribution in [2.75, 3.05) is 18.2 Å². The van der Waals surface area contributed by atoms with Gasteiger partial charge in [0.2, 0.25) is 0 Å². The minimum absolute atomic E-state index is 0.138. The molecule has 1 saturated heterocycles. The van der Waals surface area contributed by atoms with Gasteiger partial charge in [-0.05, 0) is 59.7 Å². The molecule has 0 unspecified atom stereocenters. The molecule has 0 spiro atoms. The summed E-state index contributed by atoms with van der Waals surface area (Å²) in [6, 6.07) is 19.6. The number of amides is 2. The molecule has 172 valence electrons. The summed E-state index contributed by atoms with van der Waals surface area (Å²) in [6.07, 6.45) is -0.685. The Kier molecular flexibility index (Phi) is 6.10. The number of rotatable bonds is 4. The highest BCUT2D eigenvalue weighted by Gasteiger charge is 2.48. The Morgan fingerprint density at radius 2 is 1.82 bits per heavy atom. The van der Waals surface area contributed by atoms with Gasteiger partial charge in [0.1, 0.15) is 18.5 Å². The highest BCUT2D eigenvalue weighted by atomic mass is 79.9. The number of anilines is 1. The zero-order valence-electron chi connectivity index (χ0n) is 17.7. The molecule has 2 aliphatic rings. The van der Waals surface area contributed by atoms with E-state index in [0.717, 1.165) is 14.9 Å². The zero-order valence-corrected chi connectivity index (χ0v) is 20.0. The maximum Gasteiger partial charge on any atom is 0.416 e. The van der Waals surface area contributed by atoms with Crippen LogP contribution in [0, 0.1) is 5.82 Å². The van der Waals surface area contributed by atoms with Crippen LogP contribution in [-0.2, 0) is 9.53 Å². The van der Waals surface area contributed by atoms with E-state index in [2.05, 4.69) is 15.9 Å². The van der Waals surface area contributed by atoms with Crippen LogP contribution in [0.4, 0.5) is 14.9 Å². The van der Waals surface area contributed by atoms with Gasteiger partial charge in [0.25, 0.3) is 5.91 Å². The molecule has 0 aliphatic carbocycles. The number of imide groups is 1. The first-order valence-electron chi connectivity index (χ1n) is 10.6. The van der Waals surface area contributed by atoms with E-state index in [9.17, 15) is 14.0 Å². The number of hydrogen-bond acceptors (Lipinski definition) is 5. The molecule has 3 aromatic rings. The summed E-state index contributed by atoms with van der Waals surface area (Å²) >= 11 is 9.70. The van der Waals surface area contributed by atoms with Crippen molar-refractivity contribution in [2.24, 2.45) is 5.10 Å². The van der Waals surface area contributed by atoms with Crippen molar-refractivity contribution in [3.8, 4) is 0 Å². The van der Waals surface area contributed by atoms with Crippen LogP contribution in [0.5, 0.6) is 0 Å². The van der Waals surface area contributed by atoms with Gasteiger partial charge in [-0.15, -0.1) is 0 Å². The monoisotopic (exact) mass is 541 g/mol. The molecule has 2 atom stereocenters. The predicted octanol–water partition coefficient (Wildman–Crippen LogP) is 5.60. The van der Waals surface area contributed by atoms with Crippen LogP contribution in [0.3, 0.4) is 0 Å². The third-order valence-electron chi connectivity index (χ3n) is 5.81. The van der Waals surface area contributed by atoms with Crippen LogP contribution in [0.2, 0.25) is 5.02 Å². The van der Waals surface area contributed by atoms with E-state index < -0.39 is 29.8 Å². The van der Waals surface area contributed by atoms with Crippen LogP contribution < -0.4 is 5.01 Å². The number of carbonyl (C=O) groups is 2. The van der Waals surface area contributed by atoms with Gasteiger partial charge in [-0.25, -0.2) is 14.1 Å². The van der Waals surface area contributed by atoms with Crippen molar-refractivity contribution in [2.45, 2.75) is 12.0 Å². The number of hydrogen-bond donors (Lipinski definition) is 0. The lowest BCUT2D eigenvalue weighted by molar-refractivity contribution is -0.129. The SMILES string of the molecule is O=C1OCCN1C(=O)[C@@H]1[C@@H](c2ccc(F)cc2)C(c2cccc(Cl)c2)=NN1c1ccc(Br)cc1. The maximum atomic E-state index is 13.8. The molecule has 0 N–H and O–H groups in total. The Morgan fingerprint density at radius 1 is 1.09 bits per heavy atom. The standard InChI is InChI=1S/C25H18BrClFN3O3/c26-17-6-10-20(11-7-17)31-23(24(32)30-12-13-34-25(30)33)21(15-4-8-19(28)9-5-15)22(29-31)16-2-1-3-18(27)14-16/h1-11,14,21,23H,12-13H2/t21-,23-/m0/s1. The van der Waals surface area contributed by atoms with E-state index in [1.807, 2.05) is 30.3 Å². The van der Waals surface area contributed by atoms with Crippen LogP contribution >= 0.6 is 27.5 Å². The predicted molar refractivity (Wildman–Crippen MR) is 131 cm³/mol. The fraction of sp³-hybridized carbons (Fsp3) is 0.160. The fourth-order valence-electron chi connectivity index (χ4n) is 4.24. The summed E-state index contributed by atoms with van der Waals surface area (Å²) in [6.45, 7) is 0.295. The topological polar surface area (TPSA) is 62.2 Å². The minimum Gasteiger partial charge on any atom is -0.447 e. The summed E-state index contributed by atoms with van der Waals surface area (Å²) in [4.78, 5) is 27.2. The second kappa shape index (κ2) is 9.19. The van der Waals surface area contributed by atoms with E-state index in [1.54, 1.807) is 35.3 Å². The summed E-state index contributed by atoms with van der Waals surface area (Å²) in [7, 11) is 0. The number of cyclic esters (lactones) is 1. The summed E-state index contributed by atoms with van der Waals surface area (Å²) in [5.74, 6) is -1.43. The molecule has 2 heterocycles. The van der Waals surface area contributed by atoms with Crippen molar-refractivity contribution < 1.29 is 18.7 Å². The zero-order chi connectivity index (χ0) is 23.8. The molecule has 5 rings (SSSR count). The van der Waals surface area contributed by atoms with Gasteiger partial charge < -0.3 is 4.74 Å². The molecule has 2 amide bonds. The lowest BCUT2D eigenvalue weighted by Gasteiger charge is -2.29. The van der Waals surface area contributed by atoms with E-state index in [4.69, 9.17) is 21.4 Å². The van der Waals surface area contributed by atoms with E-state index >= 15 is 0 Å². The second-order valence-corrected chi connectivity index (χ2v) is 9.25. The van der Waals surface area contributed by atoms with Gasteiger partial charge >= 0.3 is 6.09 Å². The van der Waals surface area contributed by atoms with E-state index in [0.29, 0.717) is 22.0 Å². The summed E-state index contributed by atoms with van der Waals surface area (Å²) < 4.78 is 19.7. The Labute approximate surface area is 208 Å². The third kappa shape index (κ3) is 4.19. The fourth-order valence-corrected chi connectivity index (χ4v) is 4.69. The van der Waals surface area contributed by atoms with Gasteiger partial charge in [-0.2, -0.15) is 5.10 Å². The first kappa shape index (κ1) is 22.6. The smallest absolute Gasteiger partial charge is 0.416 e. The molecule has 0 radical (unpaired) electrons. The van der Waals surface area contributed by atoms with E-state index in [-0.39, 0.29) is 13.2 Å². The van der Waals surface area contributed by atoms with Crippen molar-refractivity contribution in [1.82, 2.24) is 4.90 Å². The van der Waals surface area contributed by atoms with Crippen molar-refractivity contribution in [1.29, 1.82) is 0 Å². The third-order valence-corrected chi connectivity index (χ3v) is 6.57. The van der Waals surface area contributed by atoms with Gasteiger partial charge in [0.15, 0.2) is 0 Å². The van der Waals surface area contributed by atoms with Crippen LogP contribution in [0.25, 0.3) is 0 Å². The maximum absolute atomic E-state index is 13.8. The molecular weight excluding hydrogens is 525 g/mol. The highest BCUT2D eigenvalue weighted by Crippen LogP contribution is 2.39. The average Bonchev–Trinajstić information content (AvgIpc) is 3.44. The summed E-state index contributed by atoms with van der Waals surface area (Å²) in [5, 5.41) is 7.00. The summed E-state index contributed by atoms with van der Waals surface area (Å²) in [5.41, 5.74) is 2.66. The Bertz CT molecular complexity index is 1280. The normalized spacial score (nSPS) is 19.9. The van der Waals surface area contributed by atoms with Crippen LogP contribution in [0.15, 0.2) is 82.4 Å².